The fraction of sp³-hybridized carbons (Fsp3) is 0.538. The average Bonchev–Trinajstić information content (AvgIpc) is 2.24. The first kappa shape index (κ1) is 15.5. The molecule has 0 heterocycles. The summed E-state index contributed by atoms with van der Waals surface area (Å²) in [5.41, 5.74) is 1.06. The Kier molecular flexibility index (Phi) is 6.12. The van der Waals surface area contributed by atoms with E-state index in [2.05, 4.69) is 12.2 Å². The van der Waals surface area contributed by atoms with Gasteiger partial charge in [0.05, 0.1) is 5.75 Å². The molecule has 0 aliphatic carbocycles. The largest absolute Gasteiger partial charge is 0.313 e. The van der Waals surface area contributed by atoms with E-state index in [9.17, 15) is 8.42 Å². The van der Waals surface area contributed by atoms with Crippen molar-refractivity contribution in [2.75, 3.05) is 18.6 Å². The Morgan fingerprint density at radius 3 is 2.67 bits per heavy atom. The fourth-order valence-corrected chi connectivity index (χ4v) is 3.03. The Balaban J connectivity index is 2.71. The third-order valence-electron chi connectivity index (χ3n) is 2.56. The van der Waals surface area contributed by atoms with Gasteiger partial charge in [-0.3, -0.25) is 0 Å². The van der Waals surface area contributed by atoms with E-state index in [1.165, 1.54) is 6.26 Å². The minimum Gasteiger partial charge on any atom is -0.313 e. The lowest BCUT2D eigenvalue weighted by Crippen LogP contribution is -2.37. The van der Waals surface area contributed by atoms with Gasteiger partial charge >= 0.3 is 0 Å². The Labute approximate surface area is 114 Å². The van der Waals surface area contributed by atoms with E-state index in [1.807, 2.05) is 24.3 Å². The summed E-state index contributed by atoms with van der Waals surface area (Å²) in [6.45, 7) is 2.88. The highest BCUT2D eigenvalue weighted by atomic mass is 35.5. The molecule has 0 amide bonds. The number of halogens is 1. The van der Waals surface area contributed by atoms with Crippen LogP contribution in [0.5, 0.6) is 0 Å². The van der Waals surface area contributed by atoms with Crippen LogP contribution in [0.15, 0.2) is 24.3 Å². The van der Waals surface area contributed by atoms with E-state index in [4.69, 9.17) is 11.6 Å². The topological polar surface area (TPSA) is 46.2 Å². The molecule has 0 saturated carbocycles. The quantitative estimate of drug-likeness (QED) is 0.838. The van der Waals surface area contributed by atoms with Gasteiger partial charge in [-0.25, -0.2) is 8.42 Å². The Morgan fingerprint density at radius 2 is 2.11 bits per heavy atom. The second-order valence-electron chi connectivity index (χ2n) is 4.58. The lowest BCUT2D eigenvalue weighted by molar-refractivity contribution is 0.530. The van der Waals surface area contributed by atoms with Crippen LogP contribution in [-0.2, 0) is 16.3 Å². The third-order valence-corrected chi connectivity index (χ3v) is 3.80. The summed E-state index contributed by atoms with van der Waals surface area (Å²) < 4.78 is 22.8. The summed E-state index contributed by atoms with van der Waals surface area (Å²) in [6, 6.07) is 7.49. The molecule has 0 aliphatic heterocycles. The first-order valence-corrected chi connectivity index (χ1v) is 8.50. The number of nitrogens with one attached hydrogen (secondary N) is 1. The number of benzene rings is 1. The van der Waals surface area contributed by atoms with Gasteiger partial charge in [0.1, 0.15) is 9.84 Å². The predicted octanol–water partition coefficient (Wildman–Crippen LogP) is 2.30. The maximum absolute atomic E-state index is 11.4. The summed E-state index contributed by atoms with van der Waals surface area (Å²) in [6.07, 6.45) is 2.93. The smallest absolute Gasteiger partial charge is 0.148 e. The first-order chi connectivity index (χ1) is 8.40. The minimum atomic E-state index is -2.98. The summed E-state index contributed by atoms with van der Waals surface area (Å²) in [5.74, 6) is 0.152. The minimum absolute atomic E-state index is 0.0570. The van der Waals surface area contributed by atoms with E-state index in [1.54, 1.807) is 0 Å². The normalized spacial score (nSPS) is 13.5. The van der Waals surface area contributed by atoms with E-state index in [0.717, 1.165) is 18.5 Å². The zero-order valence-electron chi connectivity index (χ0n) is 10.8. The molecule has 0 bridgehead atoms. The molecule has 0 radical (unpaired) electrons. The molecule has 5 heteroatoms. The van der Waals surface area contributed by atoms with Crippen LogP contribution in [0.4, 0.5) is 0 Å². The highest BCUT2D eigenvalue weighted by Crippen LogP contribution is 2.13. The molecule has 1 aromatic rings. The first-order valence-electron chi connectivity index (χ1n) is 6.06. The van der Waals surface area contributed by atoms with E-state index < -0.39 is 9.84 Å². The summed E-state index contributed by atoms with van der Waals surface area (Å²) in [5, 5.41) is 3.95. The summed E-state index contributed by atoms with van der Waals surface area (Å²) in [7, 11) is -2.98. The van der Waals surface area contributed by atoms with Crippen LogP contribution in [0, 0.1) is 0 Å². The SMILES string of the molecule is CCCNC(Cc1cccc(Cl)c1)CS(C)(=O)=O. The van der Waals surface area contributed by atoms with Crippen LogP contribution in [0.25, 0.3) is 0 Å². The number of hydrogen-bond donors (Lipinski definition) is 1. The van der Waals surface area contributed by atoms with Crippen molar-refractivity contribution in [1.29, 1.82) is 0 Å². The molecule has 1 N–H and O–H groups in total. The van der Waals surface area contributed by atoms with E-state index in [0.29, 0.717) is 11.4 Å². The zero-order valence-corrected chi connectivity index (χ0v) is 12.4. The van der Waals surface area contributed by atoms with Crippen molar-refractivity contribution >= 4 is 21.4 Å². The zero-order chi connectivity index (χ0) is 13.6. The van der Waals surface area contributed by atoms with Crippen molar-refractivity contribution in [3.8, 4) is 0 Å². The lowest BCUT2D eigenvalue weighted by Gasteiger charge is -2.17. The van der Waals surface area contributed by atoms with Gasteiger partial charge < -0.3 is 5.32 Å². The molecule has 102 valence electrons. The van der Waals surface area contributed by atoms with Crippen LogP contribution in [0.2, 0.25) is 5.02 Å². The van der Waals surface area contributed by atoms with Crippen molar-refractivity contribution in [3.05, 3.63) is 34.9 Å². The molecule has 0 spiro atoms. The van der Waals surface area contributed by atoms with Crippen LogP contribution in [0.3, 0.4) is 0 Å². The predicted molar refractivity (Wildman–Crippen MR) is 76.9 cm³/mol. The molecule has 0 saturated heterocycles. The number of rotatable bonds is 7. The molecule has 0 fully saturated rings. The average molecular weight is 290 g/mol. The van der Waals surface area contributed by atoms with Gasteiger partial charge in [-0.05, 0) is 37.1 Å². The van der Waals surface area contributed by atoms with Crippen LogP contribution >= 0.6 is 11.6 Å². The van der Waals surface area contributed by atoms with Crippen molar-refractivity contribution in [1.82, 2.24) is 5.32 Å². The van der Waals surface area contributed by atoms with Gasteiger partial charge in [0.25, 0.3) is 0 Å². The van der Waals surface area contributed by atoms with E-state index in [-0.39, 0.29) is 11.8 Å². The Bertz CT molecular complexity index is 474. The van der Waals surface area contributed by atoms with Gasteiger partial charge in [-0.1, -0.05) is 30.7 Å². The van der Waals surface area contributed by atoms with Crippen molar-refractivity contribution in [2.24, 2.45) is 0 Å². The van der Waals surface area contributed by atoms with Gasteiger partial charge in [0, 0.05) is 17.3 Å². The number of hydrogen-bond acceptors (Lipinski definition) is 3. The summed E-state index contributed by atoms with van der Waals surface area (Å²) in [4.78, 5) is 0. The number of sulfone groups is 1. The second kappa shape index (κ2) is 7.12. The standard InChI is InChI=1S/C13H20ClNO2S/c1-3-7-15-13(10-18(2,16)17)9-11-5-4-6-12(14)8-11/h4-6,8,13,15H,3,7,9-10H2,1-2H3. The molecule has 1 unspecified atom stereocenters. The van der Waals surface area contributed by atoms with Gasteiger partial charge in [0.15, 0.2) is 0 Å². The van der Waals surface area contributed by atoms with Crippen LogP contribution in [0.1, 0.15) is 18.9 Å². The lowest BCUT2D eigenvalue weighted by atomic mass is 10.1. The Hall–Kier alpha value is -0.580. The highest BCUT2D eigenvalue weighted by Gasteiger charge is 2.15. The molecular weight excluding hydrogens is 270 g/mol. The molecule has 1 aromatic carbocycles. The molecule has 3 nitrogen and oxygen atoms in total. The molecule has 1 atom stereocenters. The monoisotopic (exact) mass is 289 g/mol. The molecular formula is C13H20ClNO2S. The molecule has 18 heavy (non-hydrogen) atoms. The third kappa shape index (κ3) is 6.38. The molecule has 1 rings (SSSR count). The van der Waals surface area contributed by atoms with Gasteiger partial charge in [-0.15, -0.1) is 0 Å². The van der Waals surface area contributed by atoms with Crippen molar-refractivity contribution in [3.63, 3.8) is 0 Å². The van der Waals surface area contributed by atoms with Crippen LogP contribution in [-0.4, -0.2) is 33.0 Å². The second-order valence-corrected chi connectivity index (χ2v) is 7.20. The molecule has 0 aromatic heterocycles. The maximum atomic E-state index is 11.4. The maximum Gasteiger partial charge on any atom is 0.148 e. The highest BCUT2D eigenvalue weighted by molar-refractivity contribution is 7.90. The van der Waals surface area contributed by atoms with Gasteiger partial charge in [0.2, 0.25) is 0 Å². The fourth-order valence-electron chi connectivity index (χ4n) is 1.85. The van der Waals surface area contributed by atoms with Crippen molar-refractivity contribution in [2.45, 2.75) is 25.8 Å². The molecule has 0 aliphatic rings. The van der Waals surface area contributed by atoms with Gasteiger partial charge in [-0.2, -0.15) is 0 Å². The van der Waals surface area contributed by atoms with Crippen molar-refractivity contribution < 1.29 is 8.42 Å². The van der Waals surface area contributed by atoms with Crippen LogP contribution < -0.4 is 5.32 Å². The van der Waals surface area contributed by atoms with E-state index >= 15 is 0 Å². The Morgan fingerprint density at radius 1 is 1.39 bits per heavy atom. The summed E-state index contributed by atoms with van der Waals surface area (Å²) >= 11 is 5.93.